The van der Waals surface area contributed by atoms with Gasteiger partial charge in [-0.15, -0.1) is 0 Å². The van der Waals surface area contributed by atoms with Gasteiger partial charge in [0.25, 0.3) is 11.1 Å². The molecule has 1 heterocycles. The van der Waals surface area contributed by atoms with Crippen molar-refractivity contribution in [2.24, 2.45) is 0 Å². The van der Waals surface area contributed by atoms with Crippen LogP contribution in [0.2, 0.25) is 0 Å². The molecule has 7 nitrogen and oxygen atoms in total. The molecule has 0 atom stereocenters. The predicted molar refractivity (Wildman–Crippen MR) is 82.7 cm³/mol. The molecule has 0 bridgehead atoms. The minimum absolute atomic E-state index is 0.0736. The summed E-state index contributed by atoms with van der Waals surface area (Å²) in [6.07, 6.45) is 1.42. The third kappa shape index (κ3) is 3.98. The van der Waals surface area contributed by atoms with Crippen LogP contribution in [0, 0.1) is 0 Å². The second-order valence-corrected chi connectivity index (χ2v) is 5.50. The summed E-state index contributed by atoms with van der Waals surface area (Å²) < 4.78 is 4.72. The number of aromatic carboxylic acids is 1. The van der Waals surface area contributed by atoms with E-state index in [2.05, 4.69) is 0 Å². The lowest BCUT2D eigenvalue weighted by atomic mass is 10.1. The van der Waals surface area contributed by atoms with Gasteiger partial charge < -0.3 is 9.84 Å². The highest BCUT2D eigenvalue weighted by Gasteiger charge is 2.36. The molecule has 0 radical (unpaired) electrons. The number of esters is 1. The zero-order valence-corrected chi connectivity index (χ0v) is 13.0. The van der Waals surface area contributed by atoms with Gasteiger partial charge in [-0.05, 0) is 42.5 Å². The van der Waals surface area contributed by atoms with E-state index >= 15 is 0 Å². The standard InChI is InChI=1S/C15H13NO6S/c1-2-22-12(17)8-16-13(18)11(23-15(16)21)7-9-4-3-5-10(6-9)14(19)20/h3-7H,2,8H2,1H3,(H,19,20)/b11-7-. The van der Waals surface area contributed by atoms with Crippen LogP contribution in [-0.4, -0.2) is 46.2 Å². The molecular weight excluding hydrogens is 322 g/mol. The van der Waals surface area contributed by atoms with Crippen LogP contribution < -0.4 is 0 Å². The summed E-state index contributed by atoms with van der Waals surface area (Å²) in [7, 11) is 0. The van der Waals surface area contributed by atoms with Gasteiger partial charge in [0.1, 0.15) is 6.54 Å². The number of hydrogen-bond donors (Lipinski definition) is 1. The molecule has 1 fully saturated rings. The number of imide groups is 1. The first kappa shape index (κ1) is 16.8. The number of ether oxygens (including phenoxy) is 1. The first-order chi connectivity index (χ1) is 10.9. The minimum atomic E-state index is -1.09. The summed E-state index contributed by atoms with van der Waals surface area (Å²) in [5.74, 6) is -2.35. The van der Waals surface area contributed by atoms with E-state index in [0.29, 0.717) is 17.3 Å². The highest BCUT2D eigenvalue weighted by molar-refractivity contribution is 8.18. The van der Waals surface area contributed by atoms with E-state index in [9.17, 15) is 19.2 Å². The van der Waals surface area contributed by atoms with Crippen LogP contribution in [-0.2, 0) is 14.3 Å². The minimum Gasteiger partial charge on any atom is -0.478 e. The van der Waals surface area contributed by atoms with E-state index in [1.165, 1.54) is 24.3 Å². The van der Waals surface area contributed by atoms with Crippen LogP contribution in [0.25, 0.3) is 6.08 Å². The molecule has 120 valence electrons. The van der Waals surface area contributed by atoms with Crippen molar-refractivity contribution in [1.82, 2.24) is 4.90 Å². The number of carboxylic acid groups (broad SMARTS) is 1. The molecule has 1 N–H and O–H groups in total. The van der Waals surface area contributed by atoms with E-state index in [1.807, 2.05) is 0 Å². The number of thioether (sulfide) groups is 1. The number of benzene rings is 1. The summed E-state index contributed by atoms with van der Waals surface area (Å²) in [6, 6.07) is 5.97. The zero-order valence-electron chi connectivity index (χ0n) is 12.1. The van der Waals surface area contributed by atoms with Crippen molar-refractivity contribution >= 4 is 40.9 Å². The Morgan fingerprint density at radius 3 is 2.74 bits per heavy atom. The number of nitrogens with zero attached hydrogens (tertiary/aromatic N) is 1. The molecule has 0 unspecified atom stereocenters. The van der Waals surface area contributed by atoms with Crippen LogP contribution in [0.15, 0.2) is 29.2 Å². The first-order valence-corrected chi connectivity index (χ1v) is 7.48. The van der Waals surface area contributed by atoms with Crippen molar-refractivity contribution in [3.8, 4) is 0 Å². The molecule has 23 heavy (non-hydrogen) atoms. The summed E-state index contributed by atoms with van der Waals surface area (Å²) in [4.78, 5) is 47.3. The fourth-order valence-electron chi connectivity index (χ4n) is 1.88. The van der Waals surface area contributed by atoms with Crippen molar-refractivity contribution in [1.29, 1.82) is 0 Å². The van der Waals surface area contributed by atoms with Crippen LogP contribution in [0.5, 0.6) is 0 Å². The quantitative estimate of drug-likeness (QED) is 0.648. The normalized spacial score (nSPS) is 16.0. The molecule has 0 saturated carbocycles. The monoisotopic (exact) mass is 335 g/mol. The molecule has 1 aliphatic heterocycles. The van der Waals surface area contributed by atoms with Gasteiger partial charge in [-0.3, -0.25) is 19.3 Å². The predicted octanol–water partition coefficient (Wildman–Crippen LogP) is 1.98. The summed E-state index contributed by atoms with van der Waals surface area (Å²) in [5, 5.41) is 8.38. The van der Waals surface area contributed by atoms with Crippen LogP contribution in [0.3, 0.4) is 0 Å². The van der Waals surface area contributed by atoms with Gasteiger partial charge in [-0.25, -0.2) is 4.79 Å². The maximum absolute atomic E-state index is 12.2. The highest BCUT2D eigenvalue weighted by atomic mass is 32.2. The number of carbonyl (C=O) groups excluding carboxylic acids is 3. The molecule has 1 aromatic rings. The topological polar surface area (TPSA) is 101 Å². The molecule has 2 rings (SSSR count). The van der Waals surface area contributed by atoms with E-state index in [1.54, 1.807) is 13.0 Å². The maximum Gasteiger partial charge on any atom is 0.335 e. The van der Waals surface area contributed by atoms with Gasteiger partial charge in [0.15, 0.2) is 0 Å². The zero-order chi connectivity index (χ0) is 17.0. The summed E-state index contributed by atoms with van der Waals surface area (Å²) in [6.45, 7) is 1.35. The van der Waals surface area contributed by atoms with Crippen molar-refractivity contribution in [3.63, 3.8) is 0 Å². The fourth-order valence-corrected chi connectivity index (χ4v) is 2.72. The van der Waals surface area contributed by atoms with E-state index in [-0.39, 0.29) is 17.1 Å². The molecule has 8 heteroatoms. The number of hydrogen-bond acceptors (Lipinski definition) is 6. The lowest BCUT2D eigenvalue weighted by Crippen LogP contribution is -2.34. The van der Waals surface area contributed by atoms with Gasteiger partial charge in [0, 0.05) is 0 Å². The molecule has 0 aliphatic carbocycles. The Bertz CT molecular complexity index is 712. The lowest BCUT2D eigenvalue weighted by Gasteiger charge is -2.10. The summed E-state index contributed by atoms with van der Waals surface area (Å²) in [5.41, 5.74) is 0.552. The number of carbonyl (C=O) groups is 4. The molecule has 0 aromatic heterocycles. The number of rotatable bonds is 5. The second-order valence-electron chi connectivity index (χ2n) is 4.50. The fraction of sp³-hybridized carbons (Fsp3) is 0.200. The maximum atomic E-state index is 12.2. The number of carboxylic acids is 1. The smallest absolute Gasteiger partial charge is 0.335 e. The average molecular weight is 335 g/mol. The Morgan fingerprint density at radius 1 is 1.35 bits per heavy atom. The Morgan fingerprint density at radius 2 is 2.09 bits per heavy atom. The Labute approximate surface area is 135 Å². The molecular formula is C15H13NO6S. The van der Waals surface area contributed by atoms with Gasteiger partial charge >= 0.3 is 11.9 Å². The Balaban J connectivity index is 2.20. The van der Waals surface area contributed by atoms with Crippen molar-refractivity contribution in [3.05, 3.63) is 40.3 Å². The van der Waals surface area contributed by atoms with Crippen molar-refractivity contribution in [2.45, 2.75) is 6.92 Å². The van der Waals surface area contributed by atoms with Gasteiger partial charge in [0.05, 0.1) is 17.1 Å². The highest BCUT2D eigenvalue weighted by Crippen LogP contribution is 2.32. The number of amides is 2. The third-order valence-electron chi connectivity index (χ3n) is 2.90. The molecule has 1 aliphatic rings. The first-order valence-electron chi connectivity index (χ1n) is 6.66. The Kier molecular flexibility index (Phi) is 5.17. The van der Waals surface area contributed by atoms with Gasteiger partial charge in [0.2, 0.25) is 0 Å². The molecule has 0 spiro atoms. The van der Waals surface area contributed by atoms with Crippen LogP contribution in [0.1, 0.15) is 22.8 Å². The third-order valence-corrected chi connectivity index (χ3v) is 3.80. The SMILES string of the molecule is CCOC(=O)CN1C(=O)S/C(=C\c2cccc(C(=O)O)c2)C1=O. The largest absolute Gasteiger partial charge is 0.478 e. The van der Waals surface area contributed by atoms with Gasteiger partial charge in [-0.2, -0.15) is 0 Å². The Hall–Kier alpha value is -2.61. The lowest BCUT2D eigenvalue weighted by molar-refractivity contribution is -0.145. The molecule has 1 saturated heterocycles. The van der Waals surface area contributed by atoms with Crippen molar-refractivity contribution in [2.75, 3.05) is 13.2 Å². The second kappa shape index (κ2) is 7.10. The molecule has 2 amide bonds. The molecule has 1 aromatic carbocycles. The summed E-state index contributed by atoms with van der Waals surface area (Å²) >= 11 is 0.694. The van der Waals surface area contributed by atoms with Crippen LogP contribution in [0.4, 0.5) is 4.79 Å². The van der Waals surface area contributed by atoms with Crippen LogP contribution >= 0.6 is 11.8 Å². The van der Waals surface area contributed by atoms with Gasteiger partial charge in [-0.1, -0.05) is 12.1 Å². The van der Waals surface area contributed by atoms with E-state index in [0.717, 1.165) is 4.90 Å². The van der Waals surface area contributed by atoms with E-state index < -0.39 is 29.6 Å². The van der Waals surface area contributed by atoms with Crippen molar-refractivity contribution < 1.29 is 29.0 Å². The van der Waals surface area contributed by atoms with E-state index in [4.69, 9.17) is 9.84 Å². The average Bonchev–Trinajstić information content (AvgIpc) is 2.75.